The quantitative estimate of drug-likeness (QED) is 0.599. The molecule has 0 spiro atoms. The summed E-state index contributed by atoms with van der Waals surface area (Å²) in [6, 6.07) is 1.75. The van der Waals surface area contributed by atoms with Crippen LogP contribution in [0.1, 0.15) is 0 Å². The standard InChI is InChI=1S/C9H12N4O2/c1-12-6-2-3-13(4-5-14)8(10)7(6)11-9(12)15/h2-3,10,14H,4-5H2,1H3,(H,11,15). The van der Waals surface area contributed by atoms with E-state index in [-0.39, 0.29) is 17.8 Å². The fourth-order valence-corrected chi connectivity index (χ4v) is 1.58. The molecule has 2 heterocycles. The summed E-state index contributed by atoms with van der Waals surface area (Å²) in [4.78, 5) is 13.9. The Balaban J connectivity index is 2.80. The zero-order chi connectivity index (χ0) is 11.0. The molecule has 6 heteroatoms. The van der Waals surface area contributed by atoms with Gasteiger partial charge in [-0.2, -0.15) is 0 Å². The summed E-state index contributed by atoms with van der Waals surface area (Å²) in [6.45, 7) is 0.324. The van der Waals surface area contributed by atoms with Gasteiger partial charge in [-0.3, -0.25) is 9.98 Å². The molecule has 0 aliphatic rings. The summed E-state index contributed by atoms with van der Waals surface area (Å²) in [5.74, 6) is 0. The number of nitrogens with zero attached hydrogens (tertiary/aromatic N) is 2. The SMILES string of the molecule is Cn1c(=O)[nH]c2c(=N)n(CCO)ccc21. The Morgan fingerprint density at radius 1 is 1.60 bits per heavy atom. The van der Waals surface area contributed by atoms with Crippen molar-refractivity contribution in [3.8, 4) is 0 Å². The van der Waals surface area contributed by atoms with Crippen LogP contribution in [0.2, 0.25) is 0 Å². The van der Waals surface area contributed by atoms with E-state index in [1.54, 1.807) is 23.9 Å². The largest absolute Gasteiger partial charge is 0.395 e. The van der Waals surface area contributed by atoms with Gasteiger partial charge in [-0.15, -0.1) is 0 Å². The number of hydrogen-bond acceptors (Lipinski definition) is 3. The highest BCUT2D eigenvalue weighted by Crippen LogP contribution is 2.02. The van der Waals surface area contributed by atoms with Crippen LogP contribution < -0.4 is 11.2 Å². The zero-order valence-corrected chi connectivity index (χ0v) is 8.32. The molecule has 0 unspecified atom stereocenters. The number of H-pyrrole nitrogens is 1. The van der Waals surface area contributed by atoms with Gasteiger partial charge in [0.05, 0.1) is 12.1 Å². The summed E-state index contributed by atoms with van der Waals surface area (Å²) in [7, 11) is 1.65. The Bertz CT molecular complexity index is 605. The molecule has 0 amide bonds. The predicted molar refractivity (Wildman–Crippen MR) is 54.5 cm³/mol. The number of aromatic amines is 1. The highest BCUT2D eigenvalue weighted by molar-refractivity contribution is 5.73. The Morgan fingerprint density at radius 3 is 3.00 bits per heavy atom. The molecule has 0 bridgehead atoms. The van der Waals surface area contributed by atoms with Gasteiger partial charge in [0.25, 0.3) is 0 Å². The maximum atomic E-state index is 11.3. The van der Waals surface area contributed by atoms with Crippen molar-refractivity contribution >= 4 is 11.0 Å². The van der Waals surface area contributed by atoms with Crippen LogP contribution in [0.3, 0.4) is 0 Å². The number of pyridine rings is 1. The third kappa shape index (κ3) is 1.39. The molecule has 0 saturated heterocycles. The first-order valence-electron chi connectivity index (χ1n) is 4.58. The van der Waals surface area contributed by atoms with E-state index in [1.165, 1.54) is 4.57 Å². The first kappa shape index (κ1) is 9.72. The van der Waals surface area contributed by atoms with E-state index in [2.05, 4.69) is 4.98 Å². The van der Waals surface area contributed by atoms with E-state index in [9.17, 15) is 4.79 Å². The van der Waals surface area contributed by atoms with Gasteiger partial charge in [0, 0.05) is 19.8 Å². The molecule has 3 N–H and O–H groups in total. The zero-order valence-electron chi connectivity index (χ0n) is 8.32. The van der Waals surface area contributed by atoms with Crippen molar-refractivity contribution in [1.29, 1.82) is 5.41 Å². The lowest BCUT2D eigenvalue weighted by Crippen LogP contribution is -2.21. The molecular formula is C9H12N4O2. The number of aliphatic hydroxyl groups excluding tert-OH is 1. The highest BCUT2D eigenvalue weighted by Gasteiger charge is 2.05. The smallest absolute Gasteiger partial charge is 0.326 e. The fraction of sp³-hybridized carbons (Fsp3) is 0.333. The molecule has 0 fully saturated rings. The van der Waals surface area contributed by atoms with E-state index in [0.717, 1.165) is 0 Å². The van der Waals surface area contributed by atoms with Crippen LogP contribution in [-0.4, -0.2) is 25.8 Å². The van der Waals surface area contributed by atoms with Gasteiger partial charge in [0.1, 0.15) is 5.52 Å². The molecule has 0 aromatic carbocycles. The number of fused-ring (bicyclic) bond motifs is 1. The highest BCUT2D eigenvalue weighted by atomic mass is 16.3. The van der Waals surface area contributed by atoms with Gasteiger partial charge in [0.15, 0.2) is 5.49 Å². The van der Waals surface area contributed by atoms with E-state index in [1.807, 2.05) is 0 Å². The monoisotopic (exact) mass is 208 g/mol. The average Bonchev–Trinajstić information content (AvgIpc) is 2.50. The van der Waals surface area contributed by atoms with Crippen molar-refractivity contribution in [2.24, 2.45) is 7.05 Å². The average molecular weight is 208 g/mol. The first-order chi connectivity index (χ1) is 7.15. The minimum atomic E-state index is -0.236. The second-order valence-electron chi connectivity index (χ2n) is 3.33. The lowest BCUT2D eigenvalue weighted by molar-refractivity contribution is 0.273. The second-order valence-corrected chi connectivity index (χ2v) is 3.33. The van der Waals surface area contributed by atoms with Crippen molar-refractivity contribution in [3.05, 3.63) is 28.2 Å². The van der Waals surface area contributed by atoms with Crippen LogP contribution >= 0.6 is 0 Å². The lowest BCUT2D eigenvalue weighted by atomic mass is 10.4. The number of hydrogen-bond donors (Lipinski definition) is 3. The molecule has 15 heavy (non-hydrogen) atoms. The maximum Gasteiger partial charge on any atom is 0.326 e. The van der Waals surface area contributed by atoms with E-state index in [4.69, 9.17) is 10.5 Å². The third-order valence-corrected chi connectivity index (χ3v) is 2.43. The lowest BCUT2D eigenvalue weighted by Gasteiger charge is -2.04. The Hall–Kier alpha value is -1.82. The van der Waals surface area contributed by atoms with Crippen LogP contribution in [-0.2, 0) is 13.6 Å². The predicted octanol–water partition coefficient (Wildman–Crippen LogP) is -0.860. The molecule has 0 atom stereocenters. The van der Waals surface area contributed by atoms with Crippen LogP contribution in [0.15, 0.2) is 17.1 Å². The van der Waals surface area contributed by atoms with Crippen molar-refractivity contribution in [2.45, 2.75) is 6.54 Å². The van der Waals surface area contributed by atoms with Crippen molar-refractivity contribution in [2.75, 3.05) is 6.61 Å². The molecule has 0 radical (unpaired) electrons. The summed E-state index contributed by atoms with van der Waals surface area (Å²) in [6.07, 6.45) is 1.69. The third-order valence-electron chi connectivity index (χ3n) is 2.43. The summed E-state index contributed by atoms with van der Waals surface area (Å²) in [5.41, 5.74) is 1.16. The molecule has 0 saturated carbocycles. The molecule has 0 aliphatic carbocycles. The van der Waals surface area contributed by atoms with E-state index >= 15 is 0 Å². The van der Waals surface area contributed by atoms with Crippen LogP contribution in [0.5, 0.6) is 0 Å². The molecule has 80 valence electrons. The van der Waals surface area contributed by atoms with Gasteiger partial charge < -0.3 is 14.7 Å². The maximum absolute atomic E-state index is 11.3. The Labute approximate surface area is 84.9 Å². The topological polar surface area (TPSA) is 86.8 Å². The first-order valence-corrected chi connectivity index (χ1v) is 4.58. The van der Waals surface area contributed by atoms with Gasteiger partial charge in [0.2, 0.25) is 0 Å². The number of imidazole rings is 1. The van der Waals surface area contributed by atoms with Crippen LogP contribution in [0.25, 0.3) is 11.0 Å². The van der Waals surface area contributed by atoms with Crippen molar-refractivity contribution in [1.82, 2.24) is 14.1 Å². The molecule has 2 aromatic heterocycles. The number of aliphatic hydroxyl groups is 1. The van der Waals surface area contributed by atoms with E-state index in [0.29, 0.717) is 17.6 Å². The van der Waals surface area contributed by atoms with Crippen LogP contribution in [0.4, 0.5) is 0 Å². The molecular weight excluding hydrogens is 196 g/mol. The van der Waals surface area contributed by atoms with Gasteiger partial charge in [-0.1, -0.05) is 0 Å². The second kappa shape index (κ2) is 3.39. The fourth-order valence-electron chi connectivity index (χ4n) is 1.58. The number of nitrogens with one attached hydrogen (secondary N) is 2. The molecule has 2 aromatic rings. The van der Waals surface area contributed by atoms with Crippen molar-refractivity contribution < 1.29 is 5.11 Å². The molecule has 6 nitrogen and oxygen atoms in total. The number of aromatic nitrogens is 3. The Morgan fingerprint density at radius 2 is 2.33 bits per heavy atom. The molecule has 2 rings (SSSR count). The number of aryl methyl sites for hydroxylation is 1. The summed E-state index contributed by atoms with van der Waals surface area (Å²) in [5, 5.41) is 16.6. The minimum Gasteiger partial charge on any atom is -0.395 e. The summed E-state index contributed by atoms with van der Waals surface area (Å²) >= 11 is 0. The summed E-state index contributed by atoms with van der Waals surface area (Å²) < 4.78 is 3.04. The van der Waals surface area contributed by atoms with E-state index < -0.39 is 0 Å². The molecule has 0 aliphatic heterocycles. The Kier molecular flexibility index (Phi) is 2.20. The number of rotatable bonds is 2. The van der Waals surface area contributed by atoms with Gasteiger partial charge >= 0.3 is 5.69 Å². The van der Waals surface area contributed by atoms with Crippen LogP contribution in [0, 0.1) is 5.41 Å². The minimum absolute atomic E-state index is 0.0287. The van der Waals surface area contributed by atoms with Gasteiger partial charge in [-0.25, -0.2) is 4.79 Å². The van der Waals surface area contributed by atoms with Crippen molar-refractivity contribution in [3.63, 3.8) is 0 Å². The normalized spacial score (nSPS) is 11.1. The van der Waals surface area contributed by atoms with Gasteiger partial charge in [-0.05, 0) is 6.07 Å².